The van der Waals surface area contributed by atoms with Gasteiger partial charge in [-0.05, 0) is 72.7 Å². The van der Waals surface area contributed by atoms with Crippen molar-refractivity contribution in [2.24, 2.45) is 11.8 Å². The second kappa shape index (κ2) is 15.7. The second-order valence-corrected chi connectivity index (χ2v) is 13.1. The molecule has 8 rings (SSSR count). The molecule has 0 aliphatic carbocycles. The lowest BCUT2D eigenvalue weighted by Crippen LogP contribution is -2.54. The van der Waals surface area contributed by atoms with E-state index in [4.69, 9.17) is 19.3 Å². The number of hydrogen-bond acceptors (Lipinski definition) is 9. The van der Waals surface area contributed by atoms with Crippen molar-refractivity contribution in [2.45, 2.75) is 50.4 Å². The number of carbonyl (C=O) groups is 3. The van der Waals surface area contributed by atoms with Gasteiger partial charge in [0.25, 0.3) is 0 Å². The standard InChI is InChI=1S/C20H24N2O2.C20H19NO6/c1-3-13-12-22-9-7-14(13)10-19(22)20(23)16-6-8-21-18-5-4-15(24-2)11-17(16)18;1-26-13-9-14-16(22)11-17(12-5-3-2-4-6-12)27-20(14)15(10-13)21-18(23)7-8-19(24)25/h3-6,8,11,13-14,19-20,23H,1,7,9-10,12H2,2H3;2-6,9-10,17H,7-8,11H2,1H3,(H,21,23)(H,24,25)/t13-,14-,19-,20+;/m0./s1. The Morgan fingerprint density at radius 2 is 1.86 bits per heavy atom. The Morgan fingerprint density at radius 1 is 1.08 bits per heavy atom. The van der Waals surface area contributed by atoms with Crippen molar-refractivity contribution in [1.82, 2.24) is 9.88 Å². The fraction of sp³-hybridized carbons (Fsp3) is 0.350. The molecule has 2 bridgehead atoms. The van der Waals surface area contributed by atoms with Crippen LogP contribution in [-0.4, -0.2) is 71.1 Å². The molecule has 4 aliphatic rings. The molecule has 1 amide bonds. The third-order valence-corrected chi connectivity index (χ3v) is 10.1. The Hall–Kier alpha value is -5.26. The maximum Gasteiger partial charge on any atom is 0.303 e. The van der Waals surface area contributed by atoms with E-state index in [1.54, 1.807) is 25.4 Å². The van der Waals surface area contributed by atoms with Crippen molar-refractivity contribution in [3.8, 4) is 17.2 Å². The van der Waals surface area contributed by atoms with Crippen LogP contribution in [0, 0.1) is 11.8 Å². The van der Waals surface area contributed by atoms with Gasteiger partial charge in [-0.25, -0.2) is 0 Å². The van der Waals surface area contributed by atoms with E-state index < -0.39 is 24.1 Å². The van der Waals surface area contributed by atoms with Gasteiger partial charge in [0.05, 0.1) is 49.9 Å². The van der Waals surface area contributed by atoms with E-state index in [2.05, 4.69) is 27.9 Å². The molecule has 11 heteroatoms. The second-order valence-electron chi connectivity index (χ2n) is 13.1. The molecule has 3 N–H and O–H groups in total. The molecule has 4 aromatic rings. The Balaban J connectivity index is 0.000000177. The Labute approximate surface area is 296 Å². The molecule has 51 heavy (non-hydrogen) atoms. The molecule has 0 saturated carbocycles. The lowest BCUT2D eigenvalue weighted by molar-refractivity contribution is -0.138. The van der Waals surface area contributed by atoms with Crippen LogP contribution in [0.25, 0.3) is 10.9 Å². The van der Waals surface area contributed by atoms with Crippen LogP contribution in [0.4, 0.5) is 5.69 Å². The summed E-state index contributed by atoms with van der Waals surface area (Å²) in [7, 11) is 3.12. The lowest BCUT2D eigenvalue weighted by atomic mass is 9.73. The molecular formula is C40H43N3O8. The van der Waals surface area contributed by atoms with Gasteiger partial charge in [0, 0.05) is 36.7 Å². The smallest absolute Gasteiger partial charge is 0.303 e. The quantitative estimate of drug-likeness (QED) is 0.160. The number of ether oxygens (including phenoxy) is 3. The molecule has 5 heterocycles. The minimum absolute atomic E-state index is 0.120. The topological polar surface area (TPSA) is 148 Å². The fourth-order valence-electron chi connectivity index (χ4n) is 7.34. The summed E-state index contributed by atoms with van der Waals surface area (Å²) >= 11 is 0. The molecule has 3 saturated heterocycles. The van der Waals surface area contributed by atoms with Crippen LogP contribution in [0.1, 0.15) is 65.8 Å². The van der Waals surface area contributed by atoms with Crippen molar-refractivity contribution in [3.05, 3.63) is 102 Å². The summed E-state index contributed by atoms with van der Waals surface area (Å²) in [6.45, 7) is 6.07. The number of nitrogens with one attached hydrogen (secondary N) is 1. The first-order chi connectivity index (χ1) is 24.7. The number of anilines is 1. The van der Waals surface area contributed by atoms with Gasteiger partial charge in [0.1, 0.15) is 17.6 Å². The third-order valence-electron chi connectivity index (χ3n) is 10.1. The number of pyridine rings is 1. The largest absolute Gasteiger partial charge is 0.497 e. The summed E-state index contributed by atoms with van der Waals surface area (Å²) in [6.07, 6.45) is 4.86. The van der Waals surface area contributed by atoms with Crippen LogP contribution in [-0.2, 0) is 9.59 Å². The summed E-state index contributed by atoms with van der Waals surface area (Å²) in [5.41, 5.74) is 3.32. The van der Waals surface area contributed by atoms with E-state index in [0.717, 1.165) is 47.3 Å². The zero-order chi connectivity index (χ0) is 36.1. The Bertz CT molecular complexity index is 1910. The predicted molar refractivity (Wildman–Crippen MR) is 192 cm³/mol. The van der Waals surface area contributed by atoms with Gasteiger partial charge < -0.3 is 29.7 Å². The van der Waals surface area contributed by atoms with Gasteiger partial charge in [-0.15, -0.1) is 6.58 Å². The van der Waals surface area contributed by atoms with Crippen molar-refractivity contribution in [1.29, 1.82) is 0 Å². The van der Waals surface area contributed by atoms with Gasteiger partial charge in [-0.3, -0.25) is 24.3 Å². The average molecular weight is 694 g/mol. The van der Waals surface area contributed by atoms with Gasteiger partial charge >= 0.3 is 5.97 Å². The van der Waals surface area contributed by atoms with Crippen LogP contribution in [0.2, 0.25) is 0 Å². The van der Waals surface area contributed by atoms with Crippen molar-refractivity contribution < 1.29 is 38.8 Å². The first-order valence-corrected chi connectivity index (χ1v) is 17.1. The molecule has 11 nitrogen and oxygen atoms in total. The number of carboxylic acid groups (broad SMARTS) is 1. The molecule has 1 aromatic heterocycles. The Kier molecular flexibility index (Phi) is 11.0. The highest BCUT2D eigenvalue weighted by molar-refractivity contribution is 6.04. The zero-order valence-electron chi connectivity index (χ0n) is 28.8. The molecule has 6 atom stereocenters. The van der Waals surface area contributed by atoms with Crippen molar-refractivity contribution in [3.63, 3.8) is 0 Å². The molecule has 2 unspecified atom stereocenters. The van der Waals surface area contributed by atoms with Crippen molar-refractivity contribution in [2.75, 3.05) is 32.6 Å². The van der Waals surface area contributed by atoms with E-state index in [1.807, 2.05) is 54.6 Å². The van der Waals surface area contributed by atoms with E-state index in [0.29, 0.717) is 23.1 Å². The molecule has 3 fully saturated rings. The number of aliphatic carboxylic acids is 1. The highest BCUT2D eigenvalue weighted by Gasteiger charge is 2.42. The number of carbonyl (C=O) groups excluding carboxylic acids is 2. The van der Waals surface area contributed by atoms with Gasteiger partial charge in [0.2, 0.25) is 5.91 Å². The minimum Gasteiger partial charge on any atom is -0.497 e. The SMILES string of the molecule is C=C[C@H]1CN2CC[C@H]1C[C@H]2[C@H](O)c1ccnc2ccc(OC)cc12.COc1cc(NC(=O)CCC(=O)O)c2c(c1)C(=O)CC(c1ccccc1)O2. The number of nitrogens with zero attached hydrogens (tertiary/aromatic N) is 2. The normalized spacial score (nSPS) is 22.4. The summed E-state index contributed by atoms with van der Waals surface area (Å²) in [5.74, 6) is 1.01. The van der Waals surface area contributed by atoms with Crippen LogP contribution < -0.4 is 19.5 Å². The van der Waals surface area contributed by atoms with Gasteiger partial charge in [-0.1, -0.05) is 36.4 Å². The summed E-state index contributed by atoms with van der Waals surface area (Å²) in [4.78, 5) is 42.3. The monoisotopic (exact) mass is 693 g/mol. The van der Waals surface area contributed by atoms with E-state index in [-0.39, 0.29) is 42.5 Å². The lowest BCUT2D eigenvalue weighted by Gasteiger charge is -2.50. The molecule has 0 radical (unpaired) electrons. The number of Topliss-reactive ketones (excluding diaryl/α,β-unsaturated/α-hetero) is 1. The first-order valence-electron chi connectivity index (χ1n) is 17.1. The minimum atomic E-state index is -1.06. The van der Waals surface area contributed by atoms with Gasteiger partial charge in [-0.2, -0.15) is 0 Å². The van der Waals surface area contributed by atoms with E-state index in [9.17, 15) is 19.5 Å². The van der Waals surface area contributed by atoms with E-state index in [1.165, 1.54) is 13.5 Å². The summed E-state index contributed by atoms with van der Waals surface area (Å²) in [5, 5.41) is 23.5. The Morgan fingerprint density at radius 3 is 2.55 bits per heavy atom. The maximum atomic E-state index is 12.7. The fourth-order valence-corrected chi connectivity index (χ4v) is 7.34. The molecule has 3 aromatic carbocycles. The average Bonchev–Trinajstić information content (AvgIpc) is 3.17. The molecular weight excluding hydrogens is 650 g/mol. The van der Waals surface area contributed by atoms with Crippen LogP contribution in [0.15, 0.2) is 85.6 Å². The predicted octanol–water partition coefficient (Wildman–Crippen LogP) is 6.38. The zero-order valence-corrected chi connectivity index (χ0v) is 28.8. The number of hydrogen-bond donors (Lipinski definition) is 3. The number of amides is 1. The first kappa shape index (κ1) is 35.6. The number of piperidine rings is 3. The number of rotatable bonds is 10. The van der Waals surface area contributed by atoms with Crippen LogP contribution in [0.3, 0.4) is 0 Å². The number of aliphatic hydroxyl groups excluding tert-OH is 1. The van der Waals surface area contributed by atoms with E-state index >= 15 is 0 Å². The number of fused-ring (bicyclic) bond motifs is 5. The third kappa shape index (κ3) is 7.90. The number of benzene rings is 3. The number of ketones is 1. The molecule has 4 aliphatic heterocycles. The van der Waals surface area contributed by atoms with Crippen LogP contribution in [0.5, 0.6) is 17.2 Å². The molecule has 0 spiro atoms. The maximum absolute atomic E-state index is 12.7. The summed E-state index contributed by atoms with van der Waals surface area (Å²) in [6, 6.07) is 20.4. The highest BCUT2D eigenvalue weighted by atomic mass is 16.5. The van der Waals surface area contributed by atoms with Crippen LogP contribution >= 0.6 is 0 Å². The van der Waals surface area contributed by atoms with Crippen molar-refractivity contribution >= 4 is 34.3 Å². The molecule has 266 valence electrons. The number of methoxy groups -OCH3 is 2. The highest BCUT2D eigenvalue weighted by Crippen LogP contribution is 2.44. The summed E-state index contributed by atoms with van der Waals surface area (Å²) < 4.78 is 16.6. The number of carboxylic acids is 1. The number of aliphatic hydroxyl groups is 1. The van der Waals surface area contributed by atoms with Gasteiger partial charge in [0.15, 0.2) is 11.5 Å². The number of aromatic nitrogens is 1.